The van der Waals surface area contributed by atoms with Crippen molar-refractivity contribution >= 4 is 16.9 Å². The predicted molar refractivity (Wildman–Crippen MR) is 77.2 cm³/mol. The van der Waals surface area contributed by atoms with Crippen LogP contribution in [0.5, 0.6) is 0 Å². The molecule has 1 aromatic carbocycles. The van der Waals surface area contributed by atoms with Crippen LogP contribution in [0.25, 0.3) is 10.9 Å². The fourth-order valence-corrected chi connectivity index (χ4v) is 2.05. The summed E-state index contributed by atoms with van der Waals surface area (Å²) in [4.78, 5) is 14.9. The molecule has 1 N–H and O–H groups in total. The van der Waals surface area contributed by atoms with Gasteiger partial charge in [-0.25, -0.2) is 0 Å². The highest BCUT2D eigenvalue weighted by Gasteiger charge is 2.22. The Bertz CT molecular complexity index is 590. The van der Waals surface area contributed by atoms with E-state index in [1.54, 1.807) is 0 Å². The van der Waals surface area contributed by atoms with Crippen molar-refractivity contribution in [2.45, 2.75) is 34.1 Å². The molecule has 3 heteroatoms. The monoisotopic (exact) mass is 259 g/mol. The van der Waals surface area contributed by atoms with E-state index in [-0.39, 0.29) is 5.97 Å². The first kappa shape index (κ1) is 13.7. The van der Waals surface area contributed by atoms with Gasteiger partial charge in [-0.2, -0.15) is 0 Å². The van der Waals surface area contributed by atoms with E-state index in [0.29, 0.717) is 6.61 Å². The van der Waals surface area contributed by atoms with Crippen LogP contribution in [0.1, 0.15) is 31.9 Å². The number of nitrogens with one attached hydrogen (secondary N) is 1. The van der Waals surface area contributed by atoms with E-state index in [1.165, 1.54) is 22.0 Å². The van der Waals surface area contributed by atoms with Crippen LogP contribution in [0.15, 0.2) is 24.4 Å². The average Bonchev–Trinajstić information content (AvgIpc) is 2.80. The highest BCUT2D eigenvalue weighted by atomic mass is 16.5. The number of aromatic amines is 1. The number of aromatic nitrogens is 1. The molecule has 0 unspecified atom stereocenters. The predicted octanol–water partition coefficient (Wildman–Crippen LogP) is 3.61. The fraction of sp³-hybridized carbons (Fsp3) is 0.438. The van der Waals surface area contributed by atoms with E-state index in [0.717, 1.165) is 6.42 Å². The fourth-order valence-electron chi connectivity index (χ4n) is 2.05. The summed E-state index contributed by atoms with van der Waals surface area (Å²) in [7, 11) is 0. The maximum atomic E-state index is 11.7. The first-order valence-corrected chi connectivity index (χ1v) is 6.62. The van der Waals surface area contributed by atoms with E-state index in [4.69, 9.17) is 4.74 Å². The van der Waals surface area contributed by atoms with Gasteiger partial charge in [0.1, 0.15) is 0 Å². The first-order valence-electron chi connectivity index (χ1n) is 6.62. The molecule has 2 rings (SSSR count). The zero-order valence-corrected chi connectivity index (χ0v) is 12.0. The van der Waals surface area contributed by atoms with Crippen LogP contribution in [0.2, 0.25) is 0 Å². The van der Waals surface area contributed by atoms with E-state index in [1.807, 2.05) is 27.0 Å². The summed E-state index contributed by atoms with van der Waals surface area (Å²) in [6.07, 6.45) is 2.69. The van der Waals surface area contributed by atoms with Gasteiger partial charge in [-0.1, -0.05) is 12.1 Å². The number of carbonyl (C=O) groups excluding carboxylic acids is 1. The highest BCUT2D eigenvalue weighted by molar-refractivity contribution is 5.85. The van der Waals surface area contributed by atoms with Crippen LogP contribution >= 0.6 is 0 Å². The molecule has 3 nitrogen and oxygen atoms in total. The van der Waals surface area contributed by atoms with Gasteiger partial charge in [0.25, 0.3) is 0 Å². The van der Waals surface area contributed by atoms with Gasteiger partial charge in [0, 0.05) is 23.5 Å². The normalized spacial score (nSPS) is 11.8. The van der Waals surface area contributed by atoms with Crippen molar-refractivity contribution in [2.75, 3.05) is 6.61 Å². The molecule has 19 heavy (non-hydrogen) atoms. The molecular formula is C16H21NO2. The second-order valence-corrected chi connectivity index (χ2v) is 5.94. The van der Waals surface area contributed by atoms with Gasteiger partial charge in [0.05, 0.1) is 12.0 Å². The van der Waals surface area contributed by atoms with Crippen molar-refractivity contribution in [3.8, 4) is 0 Å². The Morgan fingerprint density at radius 1 is 1.26 bits per heavy atom. The quantitative estimate of drug-likeness (QED) is 0.856. The zero-order valence-electron chi connectivity index (χ0n) is 12.0. The van der Waals surface area contributed by atoms with Crippen LogP contribution in [-0.2, 0) is 16.0 Å². The standard InChI is InChI=1S/C16H21NO2/c1-11-5-6-12(13-7-9-17-14(11)13)8-10-19-15(18)16(2,3)4/h5-7,9,17H,8,10H2,1-4H3. The lowest BCUT2D eigenvalue weighted by Gasteiger charge is -2.16. The molecule has 0 atom stereocenters. The number of esters is 1. The van der Waals surface area contributed by atoms with E-state index in [2.05, 4.69) is 30.1 Å². The Labute approximate surface area is 114 Å². The Morgan fingerprint density at radius 2 is 2.00 bits per heavy atom. The van der Waals surface area contributed by atoms with Gasteiger partial charge >= 0.3 is 5.97 Å². The molecule has 0 fully saturated rings. The molecule has 0 spiro atoms. The van der Waals surface area contributed by atoms with Crippen LogP contribution < -0.4 is 0 Å². The number of H-pyrrole nitrogens is 1. The van der Waals surface area contributed by atoms with Crippen LogP contribution in [-0.4, -0.2) is 17.6 Å². The molecular weight excluding hydrogens is 238 g/mol. The lowest BCUT2D eigenvalue weighted by Crippen LogP contribution is -2.23. The number of hydrogen-bond donors (Lipinski definition) is 1. The maximum Gasteiger partial charge on any atom is 0.311 e. The zero-order chi connectivity index (χ0) is 14.0. The smallest absolute Gasteiger partial charge is 0.311 e. The molecule has 0 saturated heterocycles. The van der Waals surface area contributed by atoms with E-state index < -0.39 is 5.41 Å². The number of fused-ring (bicyclic) bond motifs is 1. The third-order valence-corrected chi connectivity index (χ3v) is 3.24. The van der Waals surface area contributed by atoms with Gasteiger partial charge in [0.15, 0.2) is 0 Å². The van der Waals surface area contributed by atoms with Crippen LogP contribution in [0.4, 0.5) is 0 Å². The second-order valence-electron chi connectivity index (χ2n) is 5.94. The molecule has 1 aromatic heterocycles. The topological polar surface area (TPSA) is 42.1 Å². The largest absolute Gasteiger partial charge is 0.465 e. The average molecular weight is 259 g/mol. The minimum Gasteiger partial charge on any atom is -0.465 e. The summed E-state index contributed by atoms with van der Waals surface area (Å²) < 4.78 is 5.32. The Kier molecular flexibility index (Phi) is 3.65. The van der Waals surface area contributed by atoms with Gasteiger partial charge < -0.3 is 9.72 Å². The molecule has 0 radical (unpaired) electrons. The summed E-state index contributed by atoms with van der Waals surface area (Å²) in [6, 6.07) is 6.28. The number of rotatable bonds is 3. The summed E-state index contributed by atoms with van der Waals surface area (Å²) >= 11 is 0. The first-order chi connectivity index (χ1) is 8.89. The molecule has 0 aliphatic rings. The lowest BCUT2D eigenvalue weighted by molar-refractivity contribution is -0.152. The van der Waals surface area contributed by atoms with Crippen LogP contribution in [0, 0.1) is 12.3 Å². The van der Waals surface area contributed by atoms with Gasteiger partial charge in [0.2, 0.25) is 0 Å². The lowest BCUT2D eigenvalue weighted by atomic mass is 9.97. The molecule has 0 amide bonds. The van der Waals surface area contributed by atoms with Crippen LogP contribution in [0.3, 0.4) is 0 Å². The SMILES string of the molecule is Cc1ccc(CCOC(=O)C(C)(C)C)c2cc[nH]c12. The van der Waals surface area contributed by atoms with Crippen molar-refractivity contribution in [1.29, 1.82) is 0 Å². The minimum atomic E-state index is -0.434. The summed E-state index contributed by atoms with van der Waals surface area (Å²) in [5, 5.41) is 1.21. The highest BCUT2D eigenvalue weighted by Crippen LogP contribution is 2.22. The molecule has 0 bridgehead atoms. The Hall–Kier alpha value is -1.77. The second kappa shape index (κ2) is 5.08. The molecule has 0 saturated carbocycles. The molecule has 1 heterocycles. The number of carbonyl (C=O) groups is 1. The van der Waals surface area contributed by atoms with Gasteiger partial charge in [-0.3, -0.25) is 4.79 Å². The molecule has 102 valence electrons. The third kappa shape index (κ3) is 2.98. The van der Waals surface area contributed by atoms with Crippen molar-refractivity contribution in [3.05, 3.63) is 35.5 Å². The summed E-state index contributed by atoms with van der Waals surface area (Å²) in [5.74, 6) is -0.148. The summed E-state index contributed by atoms with van der Waals surface area (Å²) in [5.41, 5.74) is 3.18. The number of ether oxygens (including phenoxy) is 1. The Morgan fingerprint density at radius 3 is 2.68 bits per heavy atom. The van der Waals surface area contributed by atoms with Crippen molar-refractivity contribution < 1.29 is 9.53 Å². The van der Waals surface area contributed by atoms with Crippen molar-refractivity contribution in [3.63, 3.8) is 0 Å². The van der Waals surface area contributed by atoms with E-state index >= 15 is 0 Å². The molecule has 0 aliphatic heterocycles. The maximum absolute atomic E-state index is 11.7. The third-order valence-electron chi connectivity index (χ3n) is 3.24. The molecule has 0 aliphatic carbocycles. The van der Waals surface area contributed by atoms with Gasteiger partial charge in [-0.05, 0) is 44.9 Å². The van der Waals surface area contributed by atoms with Gasteiger partial charge in [-0.15, -0.1) is 0 Å². The van der Waals surface area contributed by atoms with Crippen molar-refractivity contribution in [2.24, 2.45) is 5.41 Å². The number of benzene rings is 1. The van der Waals surface area contributed by atoms with Crippen molar-refractivity contribution in [1.82, 2.24) is 4.98 Å². The minimum absolute atomic E-state index is 0.148. The number of aryl methyl sites for hydroxylation is 1. The van der Waals surface area contributed by atoms with E-state index in [9.17, 15) is 4.79 Å². The summed E-state index contributed by atoms with van der Waals surface area (Å²) in [6.45, 7) is 8.12. The molecule has 2 aromatic rings. The number of hydrogen-bond acceptors (Lipinski definition) is 2. The Balaban J connectivity index is 2.05.